The molecule has 1 amide bonds. The first-order chi connectivity index (χ1) is 13.6. The SMILES string of the molecule is CCc1nnsc1C(=O)N1CCN(Cc2cc(OC)c(OC)c(OC)c2)CC1. The number of piperazine rings is 1. The maximum Gasteiger partial charge on any atom is 0.267 e. The zero-order valence-electron chi connectivity index (χ0n) is 16.7. The number of hydrogen-bond donors (Lipinski definition) is 0. The smallest absolute Gasteiger partial charge is 0.267 e. The van der Waals surface area contributed by atoms with Crippen molar-refractivity contribution in [2.75, 3.05) is 47.5 Å². The van der Waals surface area contributed by atoms with Crippen LogP contribution in [0.1, 0.15) is 27.9 Å². The zero-order valence-corrected chi connectivity index (χ0v) is 17.5. The summed E-state index contributed by atoms with van der Waals surface area (Å²) in [5.74, 6) is 1.93. The standard InChI is InChI=1S/C19H26N4O4S/c1-5-14-18(28-21-20-14)19(24)23-8-6-22(7-9-23)12-13-10-15(25-2)17(27-4)16(11-13)26-3/h10-11H,5-9,12H2,1-4H3. The van der Waals surface area contributed by atoms with Gasteiger partial charge in [-0.05, 0) is 35.6 Å². The summed E-state index contributed by atoms with van der Waals surface area (Å²) in [4.78, 5) is 17.6. The molecule has 3 rings (SSSR count). The number of amides is 1. The van der Waals surface area contributed by atoms with Crippen molar-refractivity contribution < 1.29 is 19.0 Å². The number of carbonyl (C=O) groups is 1. The number of benzene rings is 1. The predicted molar refractivity (Wildman–Crippen MR) is 107 cm³/mol. The Bertz CT molecular complexity index is 793. The summed E-state index contributed by atoms with van der Waals surface area (Å²) in [5, 5.41) is 4.04. The fourth-order valence-corrected chi connectivity index (χ4v) is 4.06. The molecular formula is C19H26N4O4S. The zero-order chi connectivity index (χ0) is 20.1. The van der Waals surface area contributed by atoms with Gasteiger partial charge in [0.25, 0.3) is 5.91 Å². The molecule has 1 aromatic heterocycles. The van der Waals surface area contributed by atoms with Gasteiger partial charge < -0.3 is 19.1 Å². The van der Waals surface area contributed by atoms with Crippen molar-refractivity contribution in [1.82, 2.24) is 19.4 Å². The molecule has 1 saturated heterocycles. The maximum absolute atomic E-state index is 12.7. The van der Waals surface area contributed by atoms with Crippen molar-refractivity contribution in [3.05, 3.63) is 28.3 Å². The third-order valence-electron chi connectivity index (χ3n) is 4.88. The van der Waals surface area contributed by atoms with Crippen molar-refractivity contribution in [3.8, 4) is 17.2 Å². The van der Waals surface area contributed by atoms with Crippen LogP contribution in [0.5, 0.6) is 17.2 Å². The number of nitrogens with zero attached hydrogens (tertiary/aromatic N) is 4. The van der Waals surface area contributed by atoms with Crippen molar-refractivity contribution in [2.45, 2.75) is 19.9 Å². The van der Waals surface area contributed by atoms with Gasteiger partial charge in [-0.1, -0.05) is 11.4 Å². The molecule has 0 spiro atoms. The number of methoxy groups -OCH3 is 3. The Hall–Kier alpha value is -2.39. The summed E-state index contributed by atoms with van der Waals surface area (Å²) in [6.07, 6.45) is 0.721. The van der Waals surface area contributed by atoms with E-state index in [-0.39, 0.29) is 5.91 Å². The van der Waals surface area contributed by atoms with Crippen LogP contribution >= 0.6 is 11.5 Å². The van der Waals surface area contributed by atoms with E-state index < -0.39 is 0 Å². The molecular weight excluding hydrogens is 380 g/mol. The Morgan fingerprint density at radius 1 is 1.07 bits per heavy atom. The number of aryl methyl sites for hydroxylation is 1. The minimum Gasteiger partial charge on any atom is -0.493 e. The van der Waals surface area contributed by atoms with Crippen LogP contribution in [0.3, 0.4) is 0 Å². The van der Waals surface area contributed by atoms with Gasteiger partial charge in [0, 0.05) is 32.7 Å². The first-order valence-electron chi connectivity index (χ1n) is 9.23. The molecule has 28 heavy (non-hydrogen) atoms. The number of rotatable bonds is 7. The molecule has 0 bridgehead atoms. The first-order valence-corrected chi connectivity index (χ1v) is 10.00. The van der Waals surface area contributed by atoms with Crippen LogP contribution < -0.4 is 14.2 Å². The van der Waals surface area contributed by atoms with E-state index >= 15 is 0 Å². The molecule has 2 aromatic rings. The lowest BCUT2D eigenvalue weighted by Crippen LogP contribution is -2.48. The van der Waals surface area contributed by atoms with Crippen LogP contribution in [0.4, 0.5) is 0 Å². The summed E-state index contributed by atoms with van der Waals surface area (Å²) in [5.41, 5.74) is 1.86. The van der Waals surface area contributed by atoms with Crippen molar-refractivity contribution in [1.29, 1.82) is 0 Å². The topological polar surface area (TPSA) is 77.0 Å². The molecule has 0 aliphatic carbocycles. The number of aromatic nitrogens is 2. The van der Waals surface area contributed by atoms with Gasteiger partial charge in [0.05, 0.1) is 27.0 Å². The fraction of sp³-hybridized carbons (Fsp3) is 0.526. The molecule has 1 aliphatic heterocycles. The van der Waals surface area contributed by atoms with Gasteiger partial charge in [0.2, 0.25) is 5.75 Å². The average molecular weight is 407 g/mol. The third kappa shape index (κ3) is 4.20. The molecule has 0 N–H and O–H groups in total. The Balaban J connectivity index is 1.64. The van der Waals surface area contributed by atoms with Crippen LogP contribution in [0.15, 0.2) is 12.1 Å². The van der Waals surface area contributed by atoms with Crippen molar-refractivity contribution in [2.24, 2.45) is 0 Å². The molecule has 2 heterocycles. The summed E-state index contributed by atoms with van der Waals surface area (Å²) < 4.78 is 20.2. The lowest BCUT2D eigenvalue weighted by molar-refractivity contribution is 0.0632. The Morgan fingerprint density at radius 2 is 1.71 bits per heavy atom. The predicted octanol–water partition coefficient (Wildman–Crippen LogP) is 2.08. The van der Waals surface area contributed by atoms with Gasteiger partial charge in [-0.2, -0.15) is 0 Å². The van der Waals surface area contributed by atoms with Gasteiger partial charge in [-0.25, -0.2) is 0 Å². The van der Waals surface area contributed by atoms with Gasteiger partial charge in [0.1, 0.15) is 4.88 Å². The largest absolute Gasteiger partial charge is 0.493 e. The second-order valence-corrected chi connectivity index (χ2v) is 7.26. The molecule has 0 saturated carbocycles. The minimum atomic E-state index is 0.0410. The highest BCUT2D eigenvalue weighted by Gasteiger charge is 2.26. The van der Waals surface area contributed by atoms with Crippen molar-refractivity contribution in [3.63, 3.8) is 0 Å². The number of ether oxygens (including phenoxy) is 3. The minimum absolute atomic E-state index is 0.0410. The second kappa shape index (κ2) is 9.20. The summed E-state index contributed by atoms with van der Waals surface area (Å²) >= 11 is 1.19. The van der Waals surface area contributed by atoms with Gasteiger partial charge in [-0.3, -0.25) is 9.69 Å². The summed E-state index contributed by atoms with van der Waals surface area (Å²) in [7, 11) is 4.83. The highest BCUT2D eigenvalue weighted by atomic mass is 32.1. The normalized spacial score (nSPS) is 14.8. The first kappa shape index (κ1) is 20.3. The molecule has 8 nitrogen and oxygen atoms in total. The lowest BCUT2D eigenvalue weighted by Gasteiger charge is -2.34. The second-order valence-electron chi connectivity index (χ2n) is 6.50. The van der Waals surface area contributed by atoms with Crippen LogP contribution in [0, 0.1) is 0 Å². The van der Waals surface area contributed by atoms with Crippen molar-refractivity contribution >= 4 is 17.4 Å². The summed E-state index contributed by atoms with van der Waals surface area (Å²) in [6.45, 7) is 5.71. The van der Waals surface area contributed by atoms with Crippen LogP contribution in [-0.2, 0) is 13.0 Å². The lowest BCUT2D eigenvalue weighted by atomic mass is 10.1. The molecule has 9 heteroatoms. The van der Waals surface area contributed by atoms with E-state index in [9.17, 15) is 4.79 Å². The van der Waals surface area contributed by atoms with Gasteiger partial charge >= 0.3 is 0 Å². The Kier molecular flexibility index (Phi) is 6.69. The highest BCUT2D eigenvalue weighted by molar-refractivity contribution is 7.08. The van der Waals surface area contributed by atoms with E-state index in [1.54, 1.807) is 21.3 Å². The van der Waals surface area contributed by atoms with E-state index in [1.165, 1.54) is 11.5 Å². The molecule has 1 fully saturated rings. The van der Waals surface area contributed by atoms with Gasteiger partial charge in [0.15, 0.2) is 11.5 Å². The van der Waals surface area contributed by atoms with E-state index in [1.807, 2.05) is 24.0 Å². The molecule has 152 valence electrons. The molecule has 1 aromatic carbocycles. The van der Waals surface area contributed by atoms with E-state index in [2.05, 4.69) is 14.5 Å². The van der Waals surface area contributed by atoms with Crippen LogP contribution in [0.2, 0.25) is 0 Å². The van der Waals surface area contributed by atoms with E-state index in [4.69, 9.17) is 14.2 Å². The van der Waals surface area contributed by atoms with E-state index in [0.717, 1.165) is 37.3 Å². The summed E-state index contributed by atoms with van der Waals surface area (Å²) in [6, 6.07) is 3.94. The Morgan fingerprint density at radius 3 is 2.25 bits per heavy atom. The number of carbonyl (C=O) groups excluding carboxylic acids is 1. The van der Waals surface area contributed by atoms with Crippen LogP contribution in [-0.4, -0.2) is 72.8 Å². The highest BCUT2D eigenvalue weighted by Crippen LogP contribution is 2.38. The molecule has 0 atom stereocenters. The van der Waals surface area contributed by atoms with Gasteiger partial charge in [-0.15, -0.1) is 5.10 Å². The third-order valence-corrected chi connectivity index (χ3v) is 5.63. The fourth-order valence-electron chi connectivity index (χ4n) is 3.34. The molecule has 0 unspecified atom stereocenters. The molecule has 1 aliphatic rings. The van der Waals surface area contributed by atoms with Crippen LogP contribution in [0.25, 0.3) is 0 Å². The number of hydrogen-bond acceptors (Lipinski definition) is 8. The molecule has 0 radical (unpaired) electrons. The Labute approximate surface area is 169 Å². The average Bonchev–Trinajstić information content (AvgIpc) is 3.21. The maximum atomic E-state index is 12.7. The quantitative estimate of drug-likeness (QED) is 0.697. The van der Waals surface area contributed by atoms with E-state index in [0.29, 0.717) is 35.2 Å². The monoisotopic (exact) mass is 406 g/mol.